The van der Waals surface area contributed by atoms with Crippen molar-refractivity contribution in [1.29, 1.82) is 0 Å². The molecule has 0 aliphatic rings. The maximum Gasteiger partial charge on any atom is 0.307 e. The number of esters is 1. The number of rotatable bonds is 2. The Bertz CT molecular complexity index is 169. The van der Waals surface area contributed by atoms with Gasteiger partial charge in [0.25, 0.3) is 0 Å². The Hall–Kier alpha value is -0.970. The number of hydrogen-bond acceptors (Lipinski definition) is 2. The maximum absolute atomic E-state index is 10.9. The van der Waals surface area contributed by atoms with Crippen molar-refractivity contribution >= 4 is 5.97 Å². The van der Waals surface area contributed by atoms with E-state index in [0.29, 0.717) is 6.42 Å². The van der Waals surface area contributed by atoms with Gasteiger partial charge in [-0.05, 0) is 5.41 Å². The first-order chi connectivity index (χ1) is 4.95. The molecule has 0 radical (unpaired) electrons. The van der Waals surface area contributed by atoms with Crippen LogP contribution in [0.4, 0.5) is 0 Å². The highest BCUT2D eigenvalue weighted by Gasteiger charge is 2.16. The van der Waals surface area contributed by atoms with Crippen molar-refractivity contribution in [3.63, 3.8) is 0 Å². The summed E-state index contributed by atoms with van der Waals surface area (Å²) >= 11 is 0. The second-order valence-corrected chi connectivity index (χ2v) is 3.60. The second-order valence-electron chi connectivity index (χ2n) is 3.60. The first-order valence-corrected chi connectivity index (χ1v) is 3.55. The van der Waals surface area contributed by atoms with Crippen molar-refractivity contribution in [1.82, 2.24) is 0 Å². The molecule has 0 aromatic carbocycles. The molecule has 0 bridgehead atoms. The Labute approximate surface area is 67.9 Å². The average molecular weight is 154 g/mol. The molecule has 0 saturated carbocycles. The molecular weight excluding hydrogens is 140 g/mol. The quantitative estimate of drug-likeness (QED) is 0.446. The van der Waals surface area contributed by atoms with Crippen LogP contribution in [0.2, 0.25) is 0 Å². The van der Waals surface area contributed by atoms with Gasteiger partial charge in [0.05, 0.1) is 6.42 Å². The van der Waals surface area contributed by atoms with E-state index >= 15 is 0 Å². The fraction of sp³-hybridized carbons (Fsp3) is 0.667. The molecule has 0 atom stereocenters. The van der Waals surface area contributed by atoms with Crippen LogP contribution >= 0.6 is 0 Å². The molecule has 2 nitrogen and oxygen atoms in total. The van der Waals surface area contributed by atoms with E-state index in [1.807, 2.05) is 20.8 Å². The molecule has 0 aliphatic carbocycles. The molecule has 0 aromatic heterocycles. The van der Waals surface area contributed by atoms with Crippen LogP contribution in [0.3, 0.4) is 0 Å². The van der Waals surface area contributed by atoms with Crippen molar-refractivity contribution in [2.45, 2.75) is 27.2 Å². The van der Waals surface area contributed by atoms with Gasteiger partial charge < -0.3 is 4.74 Å². The van der Waals surface area contributed by atoms with E-state index in [0.717, 1.165) is 0 Å². The molecule has 0 fully saturated rings. The first kappa shape index (κ1) is 10.0. The molecule has 0 N–H and O–H groups in total. The van der Waals surface area contributed by atoms with Crippen LogP contribution in [0.15, 0.2) is 0 Å². The van der Waals surface area contributed by atoms with Gasteiger partial charge in [-0.25, -0.2) is 0 Å². The summed E-state index contributed by atoms with van der Waals surface area (Å²) in [6.07, 6.45) is 5.32. The molecular formula is C9H14O2. The van der Waals surface area contributed by atoms with Crippen LogP contribution in [-0.4, -0.2) is 12.6 Å². The number of carbonyl (C=O) groups is 1. The summed E-state index contributed by atoms with van der Waals surface area (Å²) in [5.41, 5.74) is -0.0221. The lowest BCUT2D eigenvalue weighted by atomic mass is 9.93. The zero-order chi connectivity index (χ0) is 8.91. The molecule has 2 heteroatoms. The minimum absolute atomic E-state index is 0.0221. The van der Waals surface area contributed by atoms with Crippen molar-refractivity contribution < 1.29 is 9.53 Å². The predicted molar refractivity (Wildman–Crippen MR) is 43.9 cm³/mol. The van der Waals surface area contributed by atoms with E-state index in [4.69, 9.17) is 11.2 Å². The van der Waals surface area contributed by atoms with Gasteiger partial charge in [0, 0.05) is 0 Å². The Morgan fingerprint density at radius 3 is 2.45 bits per heavy atom. The number of hydrogen-bond donors (Lipinski definition) is 0. The van der Waals surface area contributed by atoms with Crippen molar-refractivity contribution in [2.24, 2.45) is 5.41 Å². The first-order valence-electron chi connectivity index (χ1n) is 3.55. The summed E-state index contributed by atoms with van der Waals surface area (Å²) in [5.74, 6) is 2.01. The summed E-state index contributed by atoms with van der Waals surface area (Å²) in [6.45, 7) is 6.01. The van der Waals surface area contributed by atoms with Gasteiger partial charge in [0.1, 0.15) is 0 Å². The molecule has 0 heterocycles. The number of carbonyl (C=O) groups excluding carboxylic acids is 1. The van der Waals surface area contributed by atoms with Gasteiger partial charge in [-0.2, -0.15) is 0 Å². The van der Waals surface area contributed by atoms with Crippen LogP contribution < -0.4 is 0 Å². The summed E-state index contributed by atoms with van der Waals surface area (Å²) < 4.78 is 4.69. The minimum atomic E-state index is -0.226. The van der Waals surface area contributed by atoms with E-state index in [9.17, 15) is 4.79 Å². The Kier molecular flexibility index (Phi) is 3.67. The van der Waals surface area contributed by atoms with Crippen molar-refractivity contribution in [2.75, 3.05) is 6.61 Å². The zero-order valence-corrected chi connectivity index (χ0v) is 7.31. The molecule has 0 rings (SSSR count). The van der Waals surface area contributed by atoms with Gasteiger partial charge in [-0.15, -0.1) is 6.42 Å². The smallest absolute Gasteiger partial charge is 0.307 e. The van der Waals surface area contributed by atoms with E-state index in [2.05, 4.69) is 5.92 Å². The van der Waals surface area contributed by atoms with Gasteiger partial charge >= 0.3 is 5.97 Å². The van der Waals surface area contributed by atoms with E-state index in [1.54, 1.807) is 0 Å². The van der Waals surface area contributed by atoms with Crippen LogP contribution in [0.1, 0.15) is 27.2 Å². The fourth-order valence-electron chi connectivity index (χ4n) is 0.606. The summed E-state index contributed by atoms with van der Waals surface area (Å²) in [6, 6.07) is 0. The van der Waals surface area contributed by atoms with Gasteiger partial charge in [-0.3, -0.25) is 4.79 Å². The van der Waals surface area contributed by atoms with Gasteiger partial charge in [0.15, 0.2) is 6.61 Å². The van der Waals surface area contributed by atoms with Crippen LogP contribution in [0.5, 0.6) is 0 Å². The van der Waals surface area contributed by atoms with Crippen molar-refractivity contribution in [3.8, 4) is 12.3 Å². The van der Waals surface area contributed by atoms with E-state index in [1.165, 1.54) is 0 Å². The molecule has 0 amide bonds. The topological polar surface area (TPSA) is 26.3 Å². The monoisotopic (exact) mass is 154 g/mol. The average Bonchev–Trinajstić information content (AvgIpc) is 1.79. The lowest BCUT2D eigenvalue weighted by Crippen LogP contribution is -2.15. The molecule has 0 aliphatic heterocycles. The fourth-order valence-corrected chi connectivity index (χ4v) is 0.606. The Morgan fingerprint density at radius 2 is 2.09 bits per heavy atom. The third-order valence-corrected chi connectivity index (χ3v) is 0.991. The van der Waals surface area contributed by atoms with Crippen LogP contribution in [-0.2, 0) is 9.53 Å². The minimum Gasteiger partial charge on any atom is -0.452 e. The highest BCUT2D eigenvalue weighted by molar-refractivity contribution is 5.70. The molecule has 0 unspecified atom stereocenters. The Morgan fingerprint density at radius 1 is 1.55 bits per heavy atom. The predicted octanol–water partition coefficient (Wildman–Crippen LogP) is 1.60. The van der Waals surface area contributed by atoms with E-state index < -0.39 is 0 Å². The van der Waals surface area contributed by atoms with Crippen LogP contribution in [0.25, 0.3) is 0 Å². The number of terminal acetylenes is 1. The zero-order valence-electron chi connectivity index (χ0n) is 7.31. The lowest BCUT2D eigenvalue weighted by molar-refractivity contribution is -0.144. The third-order valence-electron chi connectivity index (χ3n) is 0.991. The largest absolute Gasteiger partial charge is 0.452 e. The maximum atomic E-state index is 10.9. The molecule has 0 saturated heterocycles. The normalized spacial score (nSPS) is 10.4. The highest BCUT2D eigenvalue weighted by Crippen LogP contribution is 2.18. The summed E-state index contributed by atoms with van der Waals surface area (Å²) in [4.78, 5) is 10.9. The summed E-state index contributed by atoms with van der Waals surface area (Å²) in [5, 5.41) is 0. The molecule has 62 valence electrons. The third kappa shape index (κ3) is 6.92. The van der Waals surface area contributed by atoms with Gasteiger partial charge in [-0.1, -0.05) is 26.7 Å². The van der Waals surface area contributed by atoms with Gasteiger partial charge in [0.2, 0.25) is 0 Å². The second kappa shape index (κ2) is 4.02. The summed E-state index contributed by atoms with van der Waals surface area (Å²) in [7, 11) is 0. The van der Waals surface area contributed by atoms with Crippen LogP contribution in [0, 0.1) is 17.8 Å². The molecule has 0 spiro atoms. The lowest BCUT2D eigenvalue weighted by Gasteiger charge is -2.15. The number of ether oxygens (including phenoxy) is 1. The van der Waals surface area contributed by atoms with E-state index in [-0.39, 0.29) is 18.0 Å². The Balaban J connectivity index is 3.64. The standard InChI is InChI=1S/C9H14O2/c1-5-6-11-8(10)7-9(2,3)4/h1H,6-7H2,2-4H3. The molecule has 0 aromatic rings. The molecule has 11 heavy (non-hydrogen) atoms. The van der Waals surface area contributed by atoms with Crippen molar-refractivity contribution in [3.05, 3.63) is 0 Å². The SMILES string of the molecule is C#CCOC(=O)CC(C)(C)C. The highest BCUT2D eigenvalue weighted by atomic mass is 16.5.